The average molecular weight is 222 g/mol. The van der Waals surface area contributed by atoms with Gasteiger partial charge in [0, 0.05) is 12.1 Å². The van der Waals surface area contributed by atoms with Gasteiger partial charge in [0.2, 0.25) is 0 Å². The molecule has 0 bridgehead atoms. The Hall–Kier alpha value is -1.06. The van der Waals surface area contributed by atoms with Crippen molar-refractivity contribution < 1.29 is 4.74 Å². The van der Waals surface area contributed by atoms with Crippen molar-refractivity contribution in [3.05, 3.63) is 29.8 Å². The van der Waals surface area contributed by atoms with E-state index in [9.17, 15) is 0 Å². The monoisotopic (exact) mass is 222 g/mol. The minimum Gasteiger partial charge on any atom is -0.497 e. The van der Waals surface area contributed by atoms with Crippen LogP contribution < -0.4 is 15.8 Å². The summed E-state index contributed by atoms with van der Waals surface area (Å²) in [6, 6.07) is 8.19. The molecule has 0 aromatic heterocycles. The first-order chi connectivity index (χ1) is 7.63. The Morgan fingerprint density at radius 2 is 1.94 bits per heavy atom. The third-order valence-corrected chi connectivity index (χ3v) is 3.18. The molecule has 0 fully saturated rings. The van der Waals surface area contributed by atoms with E-state index in [0.717, 1.165) is 18.6 Å². The Balaban J connectivity index is 2.54. The zero-order valence-corrected chi connectivity index (χ0v) is 10.4. The van der Waals surface area contributed by atoms with Crippen molar-refractivity contribution in [1.82, 2.24) is 5.32 Å². The first-order valence-corrected chi connectivity index (χ1v) is 5.65. The van der Waals surface area contributed by atoms with E-state index in [4.69, 9.17) is 10.5 Å². The third-order valence-electron chi connectivity index (χ3n) is 3.18. The maximum absolute atomic E-state index is 5.74. The summed E-state index contributed by atoms with van der Waals surface area (Å²) in [6.45, 7) is 2.80. The van der Waals surface area contributed by atoms with E-state index in [2.05, 4.69) is 24.4 Å². The summed E-state index contributed by atoms with van der Waals surface area (Å²) >= 11 is 0. The number of hydrogen-bond acceptors (Lipinski definition) is 3. The van der Waals surface area contributed by atoms with Crippen molar-refractivity contribution >= 4 is 0 Å². The number of nitrogens with one attached hydrogen (secondary N) is 1. The quantitative estimate of drug-likeness (QED) is 0.768. The van der Waals surface area contributed by atoms with E-state index in [1.807, 2.05) is 19.2 Å². The van der Waals surface area contributed by atoms with E-state index in [0.29, 0.717) is 6.54 Å². The molecule has 0 aliphatic rings. The van der Waals surface area contributed by atoms with Crippen LogP contribution in [0.1, 0.15) is 18.9 Å². The average Bonchev–Trinajstić information content (AvgIpc) is 2.36. The Bertz CT molecular complexity index is 304. The van der Waals surface area contributed by atoms with Gasteiger partial charge in [-0.2, -0.15) is 0 Å². The summed E-state index contributed by atoms with van der Waals surface area (Å²) < 4.78 is 5.12. The minimum atomic E-state index is 0.0277. The number of hydrogen-bond donors (Lipinski definition) is 2. The summed E-state index contributed by atoms with van der Waals surface area (Å²) in [5.74, 6) is 0.902. The Kier molecular flexibility index (Phi) is 4.77. The highest BCUT2D eigenvalue weighted by Crippen LogP contribution is 2.16. The largest absolute Gasteiger partial charge is 0.497 e. The van der Waals surface area contributed by atoms with Gasteiger partial charge < -0.3 is 15.8 Å². The second kappa shape index (κ2) is 5.87. The number of likely N-dealkylation sites (N-methyl/N-ethyl adjacent to an activating group) is 1. The SMILES string of the molecule is CNC(C)(CN)CCc1ccc(OC)cc1. The van der Waals surface area contributed by atoms with Crippen LogP contribution in [-0.4, -0.2) is 26.2 Å². The molecule has 0 radical (unpaired) electrons. The van der Waals surface area contributed by atoms with Crippen molar-refractivity contribution in [3.8, 4) is 5.75 Å². The highest BCUT2D eigenvalue weighted by Gasteiger charge is 2.18. The molecule has 3 heteroatoms. The summed E-state index contributed by atoms with van der Waals surface area (Å²) in [4.78, 5) is 0. The van der Waals surface area contributed by atoms with Crippen LogP contribution in [0.2, 0.25) is 0 Å². The van der Waals surface area contributed by atoms with Crippen molar-refractivity contribution in [3.63, 3.8) is 0 Å². The Labute approximate surface area is 98.0 Å². The lowest BCUT2D eigenvalue weighted by Crippen LogP contribution is -2.46. The van der Waals surface area contributed by atoms with Gasteiger partial charge in [0.15, 0.2) is 0 Å². The molecular formula is C13H22N2O. The van der Waals surface area contributed by atoms with Crippen molar-refractivity contribution in [2.75, 3.05) is 20.7 Å². The van der Waals surface area contributed by atoms with Gasteiger partial charge in [-0.1, -0.05) is 12.1 Å². The fourth-order valence-electron chi connectivity index (χ4n) is 1.54. The van der Waals surface area contributed by atoms with Crippen molar-refractivity contribution in [2.24, 2.45) is 5.73 Å². The van der Waals surface area contributed by atoms with Gasteiger partial charge in [0.05, 0.1) is 7.11 Å². The Morgan fingerprint density at radius 1 is 1.31 bits per heavy atom. The highest BCUT2D eigenvalue weighted by atomic mass is 16.5. The molecule has 0 amide bonds. The van der Waals surface area contributed by atoms with Crippen LogP contribution in [0.15, 0.2) is 24.3 Å². The number of rotatable bonds is 6. The number of aryl methyl sites for hydroxylation is 1. The van der Waals surface area contributed by atoms with Gasteiger partial charge in [-0.15, -0.1) is 0 Å². The molecule has 0 spiro atoms. The maximum atomic E-state index is 5.74. The standard InChI is InChI=1S/C13H22N2O/c1-13(10-14,15-2)9-8-11-4-6-12(16-3)7-5-11/h4-7,15H,8-10,14H2,1-3H3. The van der Waals surface area contributed by atoms with Crippen molar-refractivity contribution in [2.45, 2.75) is 25.3 Å². The van der Waals surface area contributed by atoms with E-state index in [1.54, 1.807) is 7.11 Å². The van der Waals surface area contributed by atoms with Crippen LogP contribution in [-0.2, 0) is 6.42 Å². The molecule has 16 heavy (non-hydrogen) atoms. The highest BCUT2D eigenvalue weighted by molar-refractivity contribution is 5.27. The molecule has 3 N–H and O–H groups in total. The molecule has 1 rings (SSSR count). The van der Waals surface area contributed by atoms with Crippen LogP contribution in [0.3, 0.4) is 0 Å². The number of benzene rings is 1. The van der Waals surface area contributed by atoms with Crippen molar-refractivity contribution in [1.29, 1.82) is 0 Å². The zero-order valence-electron chi connectivity index (χ0n) is 10.4. The summed E-state index contributed by atoms with van der Waals surface area (Å²) in [7, 11) is 3.64. The predicted octanol–water partition coefficient (Wildman–Crippen LogP) is 1.56. The molecule has 0 aliphatic carbocycles. The van der Waals surface area contributed by atoms with Gasteiger partial charge in [0.25, 0.3) is 0 Å². The second-order valence-electron chi connectivity index (χ2n) is 4.36. The molecule has 1 aromatic rings. The molecule has 0 saturated carbocycles. The Morgan fingerprint density at radius 3 is 2.38 bits per heavy atom. The zero-order chi connectivity index (χ0) is 12.0. The maximum Gasteiger partial charge on any atom is 0.118 e. The molecule has 90 valence electrons. The normalized spacial score (nSPS) is 14.5. The third kappa shape index (κ3) is 3.51. The number of nitrogens with two attached hydrogens (primary N) is 1. The molecule has 0 aliphatic heterocycles. The molecule has 1 aromatic carbocycles. The first-order valence-electron chi connectivity index (χ1n) is 5.65. The second-order valence-corrected chi connectivity index (χ2v) is 4.36. The summed E-state index contributed by atoms with van der Waals surface area (Å²) in [6.07, 6.45) is 2.06. The molecule has 1 atom stereocenters. The van der Waals surface area contributed by atoms with Gasteiger partial charge in [0.1, 0.15) is 5.75 Å². The molecule has 0 saturated heterocycles. The van der Waals surface area contributed by atoms with Gasteiger partial charge >= 0.3 is 0 Å². The van der Waals surface area contributed by atoms with Gasteiger partial charge in [-0.3, -0.25) is 0 Å². The van der Waals surface area contributed by atoms with Crippen LogP contribution >= 0.6 is 0 Å². The lowest BCUT2D eigenvalue weighted by atomic mass is 9.93. The minimum absolute atomic E-state index is 0.0277. The van der Waals surface area contributed by atoms with Crippen LogP contribution in [0.4, 0.5) is 0 Å². The van der Waals surface area contributed by atoms with Gasteiger partial charge in [-0.25, -0.2) is 0 Å². The van der Waals surface area contributed by atoms with Crippen LogP contribution in [0.5, 0.6) is 5.75 Å². The van der Waals surface area contributed by atoms with E-state index < -0.39 is 0 Å². The molecule has 0 heterocycles. The smallest absolute Gasteiger partial charge is 0.118 e. The fraction of sp³-hybridized carbons (Fsp3) is 0.538. The van der Waals surface area contributed by atoms with E-state index in [-0.39, 0.29) is 5.54 Å². The fourth-order valence-corrected chi connectivity index (χ4v) is 1.54. The van der Waals surface area contributed by atoms with Gasteiger partial charge in [-0.05, 0) is 44.5 Å². The lowest BCUT2D eigenvalue weighted by molar-refractivity contribution is 0.367. The van der Waals surface area contributed by atoms with E-state index >= 15 is 0 Å². The molecule has 3 nitrogen and oxygen atoms in total. The molecule has 1 unspecified atom stereocenters. The number of methoxy groups -OCH3 is 1. The summed E-state index contributed by atoms with van der Waals surface area (Å²) in [5, 5.41) is 3.27. The van der Waals surface area contributed by atoms with E-state index in [1.165, 1.54) is 5.56 Å². The summed E-state index contributed by atoms with van der Waals surface area (Å²) in [5.41, 5.74) is 7.09. The first kappa shape index (κ1) is 13.0. The molecular weight excluding hydrogens is 200 g/mol. The number of ether oxygens (including phenoxy) is 1. The topological polar surface area (TPSA) is 47.3 Å². The predicted molar refractivity (Wildman–Crippen MR) is 67.8 cm³/mol. The van der Waals surface area contributed by atoms with Crippen LogP contribution in [0, 0.1) is 0 Å². The van der Waals surface area contributed by atoms with Crippen LogP contribution in [0.25, 0.3) is 0 Å². The lowest BCUT2D eigenvalue weighted by Gasteiger charge is -2.27.